The number of hydrogen-bond donors (Lipinski definition) is 3. The number of nitrogens with one attached hydrogen (secondary N) is 1. The third-order valence-corrected chi connectivity index (χ3v) is 4.27. The zero-order chi connectivity index (χ0) is 17.4. The fourth-order valence-corrected chi connectivity index (χ4v) is 2.97. The van der Waals surface area contributed by atoms with Gasteiger partial charge in [-0.15, -0.1) is 0 Å². The molecule has 0 aromatic heterocycles. The number of aliphatic hydroxyl groups excluding tert-OH is 2. The highest BCUT2D eigenvalue weighted by atomic mass is 16.5. The topological polar surface area (TPSA) is 82.0 Å². The lowest BCUT2D eigenvalue weighted by molar-refractivity contribution is -0.140. The number of amides is 1. The number of nitrogens with zero attached hydrogens (tertiary/aromatic N) is 1. The monoisotopic (exact) mass is 336 g/mol. The van der Waals surface area contributed by atoms with E-state index in [1.807, 2.05) is 42.2 Å². The van der Waals surface area contributed by atoms with E-state index in [-0.39, 0.29) is 25.1 Å². The first kappa shape index (κ1) is 18.9. The van der Waals surface area contributed by atoms with Gasteiger partial charge in [-0.3, -0.25) is 9.69 Å². The van der Waals surface area contributed by atoms with Crippen molar-refractivity contribution >= 4 is 5.91 Å². The van der Waals surface area contributed by atoms with E-state index >= 15 is 0 Å². The van der Waals surface area contributed by atoms with Gasteiger partial charge in [0, 0.05) is 6.54 Å². The second-order valence-electron chi connectivity index (χ2n) is 6.22. The van der Waals surface area contributed by atoms with Crippen molar-refractivity contribution in [3.05, 3.63) is 35.9 Å². The Morgan fingerprint density at radius 1 is 1.29 bits per heavy atom. The minimum atomic E-state index is -0.899. The first-order valence-electron chi connectivity index (χ1n) is 8.60. The third-order valence-electron chi connectivity index (χ3n) is 4.27. The summed E-state index contributed by atoms with van der Waals surface area (Å²) in [6.45, 7) is 3.93. The number of ether oxygens (including phenoxy) is 1. The standard InChI is InChI=1S/C18H28N2O4/c1-2-10-20(15-12-24-13-16(21)18(15)23)11-17(22)19-9-8-14-6-4-3-5-7-14/h3-7,15-16,18,21,23H,2,8-13H2,1H3,(H,19,22)/t15-,16-,18+/m1/s1. The molecule has 1 saturated heterocycles. The third kappa shape index (κ3) is 5.56. The van der Waals surface area contributed by atoms with Crippen LogP contribution in [0.3, 0.4) is 0 Å². The fourth-order valence-electron chi connectivity index (χ4n) is 2.97. The van der Waals surface area contributed by atoms with E-state index in [0.29, 0.717) is 19.7 Å². The smallest absolute Gasteiger partial charge is 0.234 e. The highest BCUT2D eigenvalue weighted by molar-refractivity contribution is 5.78. The minimum Gasteiger partial charge on any atom is -0.389 e. The van der Waals surface area contributed by atoms with Crippen LogP contribution in [-0.2, 0) is 16.0 Å². The Kier molecular flexibility index (Phi) is 7.65. The van der Waals surface area contributed by atoms with Crippen molar-refractivity contribution in [2.75, 3.05) is 32.8 Å². The summed E-state index contributed by atoms with van der Waals surface area (Å²) in [6.07, 6.45) is -0.142. The van der Waals surface area contributed by atoms with Crippen LogP contribution in [0.1, 0.15) is 18.9 Å². The van der Waals surface area contributed by atoms with E-state index in [0.717, 1.165) is 12.8 Å². The summed E-state index contributed by atoms with van der Waals surface area (Å²) in [4.78, 5) is 14.1. The molecule has 134 valence electrons. The van der Waals surface area contributed by atoms with Crippen molar-refractivity contribution in [3.8, 4) is 0 Å². The molecule has 1 amide bonds. The second kappa shape index (κ2) is 9.74. The molecule has 6 heteroatoms. The van der Waals surface area contributed by atoms with Gasteiger partial charge in [0.25, 0.3) is 0 Å². The Bertz CT molecular complexity index is 497. The maximum atomic E-state index is 12.2. The van der Waals surface area contributed by atoms with Gasteiger partial charge in [0.1, 0.15) is 6.10 Å². The molecule has 0 radical (unpaired) electrons. The molecular formula is C18H28N2O4. The van der Waals surface area contributed by atoms with E-state index in [4.69, 9.17) is 4.74 Å². The van der Waals surface area contributed by atoms with E-state index in [1.165, 1.54) is 5.56 Å². The molecular weight excluding hydrogens is 308 g/mol. The quantitative estimate of drug-likeness (QED) is 0.631. The zero-order valence-electron chi connectivity index (χ0n) is 14.2. The SMILES string of the molecule is CCCN(CC(=O)NCCc1ccccc1)[C@@H]1COC[C@@H](O)[C@H]1O. The summed E-state index contributed by atoms with van der Waals surface area (Å²) in [6, 6.07) is 9.65. The lowest BCUT2D eigenvalue weighted by atomic mass is 10.0. The van der Waals surface area contributed by atoms with Crippen LogP contribution in [0.5, 0.6) is 0 Å². The molecule has 0 bridgehead atoms. The van der Waals surface area contributed by atoms with E-state index < -0.39 is 12.2 Å². The summed E-state index contributed by atoms with van der Waals surface area (Å²) in [5.41, 5.74) is 1.18. The summed E-state index contributed by atoms with van der Waals surface area (Å²) < 4.78 is 5.33. The maximum Gasteiger partial charge on any atom is 0.234 e. The van der Waals surface area contributed by atoms with E-state index in [1.54, 1.807) is 0 Å². The molecule has 0 aliphatic carbocycles. The molecule has 3 atom stereocenters. The van der Waals surface area contributed by atoms with Gasteiger partial charge in [-0.1, -0.05) is 37.3 Å². The van der Waals surface area contributed by atoms with Crippen molar-refractivity contribution in [2.45, 2.75) is 38.0 Å². The van der Waals surface area contributed by atoms with Gasteiger partial charge < -0.3 is 20.3 Å². The molecule has 1 aromatic carbocycles. The Labute approximate surface area is 143 Å². The number of aliphatic hydroxyl groups is 2. The van der Waals surface area contributed by atoms with Gasteiger partial charge in [0.15, 0.2) is 0 Å². The van der Waals surface area contributed by atoms with Gasteiger partial charge in [-0.2, -0.15) is 0 Å². The second-order valence-corrected chi connectivity index (χ2v) is 6.22. The van der Waals surface area contributed by atoms with Gasteiger partial charge in [-0.05, 0) is 24.9 Å². The number of hydrogen-bond acceptors (Lipinski definition) is 5. The van der Waals surface area contributed by atoms with Crippen molar-refractivity contribution < 1.29 is 19.7 Å². The first-order valence-corrected chi connectivity index (χ1v) is 8.60. The van der Waals surface area contributed by atoms with Crippen LogP contribution in [0.25, 0.3) is 0 Å². The van der Waals surface area contributed by atoms with Crippen LogP contribution in [0.4, 0.5) is 0 Å². The Morgan fingerprint density at radius 3 is 2.75 bits per heavy atom. The largest absolute Gasteiger partial charge is 0.389 e. The summed E-state index contributed by atoms with van der Waals surface area (Å²) in [5.74, 6) is -0.0772. The molecule has 0 saturated carbocycles. The van der Waals surface area contributed by atoms with Crippen LogP contribution in [0, 0.1) is 0 Å². The maximum absolute atomic E-state index is 12.2. The number of carbonyl (C=O) groups excluding carboxylic acids is 1. The average molecular weight is 336 g/mol. The van der Waals surface area contributed by atoms with Crippen LogP contribution in [0.15, 0.2) is 30.3 Å². The Morgan fingerprint density at radius 2 is 2.04 bits per heavy atom. The van der Waals surface area contributed by atoms with E-state index in [2.05, 4.69) is 5.32 Å². The van der Waals surface area contributed by atoms with Crippen LogP contribution in [-0.4, -0.2) is 72.1 Å². The van der Waals surface area contributed by atoms with Crippen LogP contribution >= 0.6 is 0 Å². The predicted molar refractivity (Wildman–Crippen MR) is 91.6 cm³/mol. The lowest BCUT2D eigenvalue weighted by Gasteiger charge is -2.39. The molecule has 1 aliphatic rings. The minimum absolute atomic E-state index is 0.0772. The zero-order valence-corrected chi connectivity index (χ0v) is 14.2. The van der Waals surface area contributed by atoms with Crippen LogP contribution in [0.2, 0.25) is 0 Å². The van der Waals surface area contributed by atoms with Gasteiger partial charge in [0.05, 0.1) is 31.9 Å². The summed E-state index contributed by atoms with van der Waals surface area (Å²) >= 11 is 0. The van der Waals surface area contributed by atoms with Crippen molar-refractivity contribution in [2.24, 2.45) is 0 Å². The fraction of sp³-hybridized carbons (Fsp3) is 0.611. The van der Waals surface area contributed by atoms with Gasteiger partial charge >= 0.3 is 0 Å². The molecule has 1 aliphatic heterocycles. The molecule has 3 N–H and O–H groups in total. The summed E-state index contributed by atoms with van der Waals surface area (Å²) in [5, 5.41) is 22.9. The van der Waals surface area contributed by atoms with E-state index in [9.17, 15) is 15.0 Å². The molecule has 1 fully saturated rings. The van der Waals surface area contributed by atoms with Crippen LogP contribution < -0.4 is 5.32 Å². The Balaban J connectivity index is 1.82. The molecule has 2 rings (SSSR count). The predicted octanol–water partition coefficient (Wildman–Crippen LogP) is 0.178. The Hall–Kier alpha value is -1.47. The molecule has 1 heterocycles. The van der Waals surface area contributed by atoms with Gasteiger partial charge in [-0.25, -0.2) is 0 Å². The molecule has 0 unspecified atom stereocenters. The van der Waals surface area contributed by atoms with Crippen molar-refractivity contribution in [1.82, 2.24) is 10.2 Å². The van der Waals surface area contributed by atoms with Crippen molar-refractivity contribution in [1.29, 1.82) is 0 Å². The number of rotatable bonds is 8. The molecule has 0 spiro atoms. The summed E-state index contributed by atoms with van der Waals surface area (Å²) in [7, 11) is 0. The molecule has 1 aromatic rings. The first-order chi connectivity index (χ1) is 11.6. The molecule has 24 heavy (non-hydrogen) atoms. The number of benzene rings is 1. The number of carbonyl (C=O) groups is 1. The average Bonchev–Trinajstić information content (AvgIpc) is 2.58. The lowest BCUT2D eigenvalue weighted by Crippen LogP contribution is -2.57. The van der Waals surface area contributed by atoms with Gasteiger partial charge in [0.2, 0.25) is 5.91 Å². The molecule has 6 nitrogen and oxygen atoms in total. The highest BCUT2D eigenvalue weighted by Crippen LogP contribution is 2.15. The van der Waals surface area contributed by atoms with Crippen molar-refractivity contribution in [3.63, 3.8) is 0 Å². The normalized spacial score (nSPS) is 24.1. The highest BCUT2D eigenvalue weighted by Gasteiger charge is 2.35.